The zero-order valence-electron chi connectivity index (χ0n) is 9.36. The predicted octanol–water partition coefficient (Wildman–Crippen LogP) is 1.73. The van der Waals surface area contributed by atoms with Gasteiger partial charge in [-0.05, 0) is 44.4 Å². The van der Waals surface area contributed by atoms with E-state index in [9.17, 15) is 5.11 Å². The Morgan fingerprint density at radius 1 is 1.27 bits per heavy atom. The van der Waals surface area contributed by atoms with E-state index in [0.29, 0.717) is 12.0 Å². The van der Waals surface area contributed by atoms with E-state index in [4.69, 9.17) is 9.47 Å². The van der Waals surface area contributed by atoms with Crippen LogP contribution in [0.5, 0.6) is 0 Å². The van der Waals surface area contributed by atoms with Crippen LogP contribution in [0.1, 0.15) is 38.5 Å². The molecule has 88 valence electrons. The number of aliphatic hydroxyl groups is 1. The number of ether oxygens (including phenoxy) is 2. The molecule has 3 heteroatoms. The van der Waals surface area contributed by atoms with E-state index < -0.39 is 0 Å². The molecule has 2 aliphatic heterocycles. The lowest BCUT2D eigenvalue weighted by Crippen LogP contribution is -2.16. The first-order chi connectivity index (χ1) is 7.34. The molecule has 1 N–H and O–H groups in total. The Morgan fingerprint density at radius 3 is 2.87 bits per heavy atom. The van der Waals surface area contributed by atoms with Gasteiger partial charge in [0.15, 0.2) is 0 Å². The molecule has 0 spiro atoms. The first-order valence-corrected chi connectivity index (χ1v) is 6.22. The number of hydrogen-bond donors (Lipinski definition) is 1. The molecular weight excluding hydrogens is 192 g/mol. The van der Waals surface area contributed by atoms with Gasteiger partial charge in [-0.15, -0.1) is 0 Å². The van der Waals surface area contributed by atoms with Crippen LogP contribution in [0.3, 0.4) is 0 Å². The molecule has 0 aromatic heterocycles. The standard InChI is InChI=1S/C12H22O3/c13-11(8-10-5-7-14-9-10)3-4-12-2-1-6-15-12/h10-13H,1-9H2. The first-order valence-electron chi connectivity index (χ1n) is 6.22. The molecule has 2 fully saturated rings. The Balaban J connectivity index is 1.57. The molecular formula is C12H22O3. The number of rotatable bonds is 5. The van der Waals surface area contributed by atoms with Crippen molar-refractivity contribution in [1.82, 2.24) is 0 Å². The minimum Gasteiger partial charge on any atom is -0.393 e. The zero-order valence-corrected chi connectivity index (χ0v) is 9.36. The second-order valence-electron chi connectivity index (χ2n) is 4.83. The van der Waals surface area contributed by atoms with Crippen LogP contribution in [0, 0.1) is 5.92 Å². The summed E-state index contributed by atoms with van der Waals surface area (Å²) in [6.45, 7) is 2.64. The maximum Gasteiger partial charge on any atom is 0.0577 e. The first kappa shape index (κ1) is 11.4. The summed E-state index contributed by atoms with van der Waals surface area (Å²) in [4.78, 5) is 0. The molecule has 2 saturated heterocycles. The van der Waals surface area contributed by atoms with E-state index in [1.165, 1.54) is 12.8 Å². The molecule has 2 heterocycles. The highest BCUT2D eigenvalue weighted by atomic mass is 16.5. The van der Waals surface area contributed by atoms with Crippen LogP contribution in [-0.4, -0.2) is 37.1 Å². The Morgan fingerprint density at radius 2 is 2.20 bits per heavy atom. The normalized spacial score (nSPS) is 33.4. The molecule has 0 saturated carbocycles. The Kier molecular flexibility index (Phi) is 4.42. The van der Waals surface area contributed by atoms with E-state index in [1.54, 1.807) is 0 Å². The maximum atomic E-state index is 9.86. The van der Waals surface area contributed by atoms with Gasteiger partial charge in [0, 0.05) is 19.8 Å². The molecule has 3 unspecified atom stereocenters. The van der Waals surface area contributed by atoms with Gasteiger partial charge in [-0.2, -0.15) is 0 Å². The minimum absolute atomic E-state index is 0.152. The third-order valence-corrected chi connectivity index (χ3v) is 3.48. The lowest BCUT2D eigenvalue weighted by atomic mass is 9.97. The van der Waals surface area contributed by atoms with Gasteiger partial charge in [0.05, 0.1) is 12.2 Å². The average Bonchev–Trinajstić information content (AvgIpc) is 2.86. The fraction of sp³-hybridized carbons (Fsp3) is 1.00. The second-order valence-corrected chi connectivity index (χ2v) is 4.83. The summed E-state index contributed by atoms with van der Waals surface area (Å²) < 4.78 is 10.8. The highest BCUT2D eigenvalue weighted by molar-refractivity contribution is 4.72. The summed E-state index contributed by atoms with van der Waals surface area (Å²) >= 11 is 0. The van der Waals surface area contributed by atoms with Crippen molar-refractivity contribution in [2.75, 3.05) is 19.8 Å². The van der Waals surface area contributed by atoms with Crippen LogP contribution < -0.4 is 0 Å². The third-order valence-electron chi connectivity index (χ3n) is 3.48. The Bertz CT molecular complexity index is 172. The lowest BCUT2D eigenvalue weighted by Gasteiger charge is -2.16. The van der Waals surface area contributed by atoms with Gasteiger partial charge in [-0.25, -0.2) is 0 Å². The summed E-state index contributed by atoms with van der Waals surface area (Å²) in [5, 5.41) is 9.86. The van der Waals surface area contributed by atoms with Crippen molar-refractivity contribution >= 4 is 0 Å². The molecule has 2 rings (SSSR count). The van der Waals surface area contributed by atoms with Crippen molar-refractivity contribution in [3.8, 4) is 0 Å². The van der Waals surface area contributed by atoms with Gasteiger partial charge in [0.25, 0.3) is 0 Å². The highest BCUT2D eigenvalue weighted by Gasteiger charge is 2.21. The molecule has 0 aliphatic carbocycles. The maximum absolute atomic E-state index is 9.86. The lowest BCUT2D eigenvalue weighted by molar-refractivity contribution is 0.0719. The average molecular weight is 214 g/mol. The van der Waals surface area contributed by atoms with Gasteiger partial charge in [0.2, 0.25) is 0 Å². The van der Waals surface area contributed by atoms with E-state index in [-0.39, 0.29) is 6.10 Å². The molecule has 0 aromatic rings. The zero-order chi connectivity index (χ0) is 10.5. The predicted molar refractivity (Wildman–Crippen MR) is 57.8 cm³/mol. The van der Waals surface area contributed by atoms with Crippen molar-refractivity contribution in [2.24, 2.45) is 5.92 Å². The van der Waals surface area contributed by atoms with Crippen molar-refractivity contribution in [3.63, 3.8) is 0 Å². The van der Waals surface area contributed by atoms with Gasteiger partial charge in [0.1, 0.15) is 0 Å². The largest absolute Gasteiger partial charge is 0.393 e. The Labute approximate surface area is 91.8 Å². The van der Waals surface area contributed by atoms with Crippen molar-refractivity contribution < 1.29 is 14.6 Å². The molecule has 15 heavy (non-hydrogen) atoms. The molecule has 3 nitrogen and oxygen atoms in total. The van der Waals surface area contributed by atoms with Crippen LogP contribution >= 0.6 is 0 Å². The van der Waals surface area contributed by atoms with E-state index in [2.05, 4.69) is 0 Å². The highest BCUT2D eigenvalue weighted by Crippen LogP contribution is 2.22. The third kappa shape index (κ3) is 3.74. The van der Waals surface area contributed by atoms with E-state index in [1.807, 2.05) is 0 Å². The van der Waals surface area contributed by atoms with E-state index >= 15 is 0 Å². The molecule has 2 aliphatic rings. The van der Waals surface area contributed by atoms with E-state index in [0.717, 1.165) is 45.5 Å². The fourth-order valence-corrected chi connectivity index (χ4v) is 2.52. The molecule has 0 aromatic carbocycles. The van der Waals surface area contributed by atoms with Crippen LogP contribution in [0.4, 0.5) is 0 Å². The second kappa shape index (κ2) is 5.83. The van der Waals surface area contributed by atoms with Crippen molar-refractivity contribution in [3.05, 3.63) is 0 Å². The number of hydrogen-bond acceptors (Lipinski definition) is 3. The fourth-order valence-electron chi connectivity index (χ4n) is 2.52. The topological polar surface area (TPSA) is 38.7 Å². The van der Waals surface area contributed by atoms with Gasteiger partial charge in [-0.1, -0.05) is 0 Å². The summed E-state index contributed by atoms with van der Waals surface area (Å²) in [5.41, 5.74) is 0. The summed E-state index contributed by atoms with van der Waals surface area (Å²) in [7, 11) is 0. The Hall–Kier alpha value is -0.120. The van der Waals surface area contributed by atoms with Crippen molar-refractivity contribution in [2.45, 2.75) is 50.7 Å². The van der Waals surface area contributed by atoms with Gasteiger partial charge >= 0.3 is 0 Å². The van der Waals surface area contributed by atoms with Gasteiger partial charge < -0.3 is 14.6 Å². The molecule has 0 radical (unpaired) electrons. The quantitative estimate of drug-likeness (QED) is 0.757. The molecule has 3 atom stereocenters. The van der Waals surface area contributed by atoms with Crippen LogP contribution in [-0.2, 0) is 9.47 Å². The number of aliphatic hydroxyl groups excluding tert-OH is 1. The summed E-state index contributed by atoms with van der Waals surface area (Å²) in [6, 6.07) is 0. The van der Waals surface area contributed by atoms with Crippen LogP contribution in [0.25, 0.3) is 0 Å². The summed E-state index contributed by atoms with van der Waals surface area (Å²) in [5.74, 6) is 0.587. The minimum atomic E-state index is -0.152. The SMILES string of the molecule is OC(CCC1CCCO1)CC1CCOC1. The van der Waals surface area contributed by atoms with Crippen LogP contribution in [0.15, 0.2) is 0 Å². The van der Waals surface area contributed by atoms with Crippen molar-refractivity contribution in [1.29, 1.82) is 0 Å². The molecule has 0 bridgehead atoms. The molecule has 0 amide bonds. The monoisotopic (exact) mass is 214 g/mol. The van der Waals surface area contributed by atoms with Crippen LogP contribution in [0.2, 0.25) is 0 Å². The summed E-state index contributed by atoms with van der Waals surface area (Å²) in [6.07, 6.45) is 6.58. The smallest absolute Gasteiger partial charge is 0.0577 e. The van der Waals surface area contributed by atoms with Gasteiger partial charge in [-0.3, -0.25) is 0 Å².